The molecule has 0 unspecified atom stereocenters. The van der Waals surface area contributed by atoms with Gasteiger partial charge in [0.05, 0.1) is 18.2 Å². The van der Waals surface area contributed by atoms with Gasteiger partial charge in [-0.25, -0.2) is 4.79 Å². The van der Waals surface area contributed by atoms with Crippen LogP contribution in [0.2, 0.25) is 0 Å². The molecule has 0 heterocycles. The van der Waals surface area contributed by atoms with Gasteiger partial charge in [-0.05, 0) is 18.2 Å². The quantitative estimate of drug-likeness (QED) is 0.557. The van der Waals surface area contributed by atoms with Crippen molar-refractivity contribution in [3.63, 3.8) is 0 Å². The number of rotatable bonds is 5. The number of carbonyl (C=O) groups excluding carboxylic acids is 2. The Hall–Kier alpha value is -2.64. The Labute approximate surface area is 103 Å². The number of nitrogens with zero attached hydrogens (tertiary/aromatic N) is 3. The maximum atomic E-state index is 10.6. The number of urea groups is 1. The van der Waals surface area contributed by atoms with Crippen LogP contribution in [0.5, 0.6) is 0 Å². The SMILES string of the molecule is CN(CC(=O)[O-])N=Nc1cccc(NC(N)=O)c1. The number of benzene rings is 1. The van der Waals surface area contributed by atoms with E-state index in [0.717, 1.165) is 5.01 Å². The highest BCUT2D eigenvalue weighted by Crippen LogP contribution is 2.18. The second-order valence-electron chi connectivity index (χ2n) is 3.42. The molecule has 1 aromatic rings. The van der Waals surface area contributed by atoms with Crippen molar-refractivity contribution < 1.29 is 14.7 Å². The molecule has 0 spiro atoms. The highest BCUT2D eigenvalue weighted by atomic mass is 16.4. The van der Waals surface area contributed by atoms with Crippen molar-refractivity contribution in [1.82, 2.24) is 5.01 Å². The predicted molar refractivity (Wildman–Crippen MR) is 61.8 cm³/mol. The van der Waals surface area contributed by atoms with Crippen LogP contribution >= 0.6 is 0 Å². The van der Waals surface area contributed by atoms with Gasteiger partial charge in [0.15, 0.2) is 0 Å². The minimum absolute atomic E-state index is 0.358. The van der Waals surface area contributed by atoms with E-state index in [4.69, 9.17) is 5.73 Å². The van der Waals surface area contributed by atoms with Gasteiger partial charge in [0, 0.05) is 12.7 Å². The van der Waals surface area contributed by atoms with Gasteiger partial charge in [0.2, 0.25) is 0 Å². The number of carboxylic acid groups (broad SMARTS) is 1. The van der Waals surface area contributed by atoms with E-state index in [2.05, 4.69) is 15.7 Å². The summed E-state index contributed by atoms with van der Waals surface area (Å²) in [5.41, 5.74) is 5.89. The van der Waals surface area contributed by atoms with Crippen LogP contribution in [0.1, 0.15) is 0 Å². The van der Waals surface area contributed by atoms with E-state index in [-0.39, 0.29) is 6.54 Å². The van der Waals surface area contributed by atoms with Crippen LogP contribution in [-0.2, 0) is 4.79 Å². The molecule has 0 atom stereocenters. The van der Waals surface area contributed by atoms with E-state index in [1.165, 1.54) is 7.05 Å². The van der Waals surface area contributed by atoms with Gasteiger partial charge in [0.1, 0.15) is 0 Å². The minimum atomic E-state index is -1.25. The number of nitrogens with two attached hydrogens (primary N) is 1. The van der Waals surface area contributed by atoms with Crippen molar-refractivity contribution in [2.45, 2.75) is 0 Å². The maximum absolute atomic E-state index is 10.6. The van der Waals surface area contributed by atoms with Crippen LogP contribution in [0.25, 0.3) is 0 Å². The van der Waals surface area contributed by atoms with Crippen LogP contribution in [0.3, 0.4) is 0 Å². The average molecular weight is 250 g/mol. The third-order valence-corrected chi connectivity index (χ3v) is 1.78. The lowest BCUT2D eigenvalue weighted by Gasteiger charge is -2.11. The minimum Gasteiger partial charge on any atom is -0.548 e. The van der Waals surface area contributed by atoms with E-state index in [9.17, 15) is 14.7 Å². The number of anilines is 1. The van der Waals surface area contributed by atoms with E-state index in [0.29, 0.717) is 11.4 Å². The number of likely N-dealkylation sites (N-methyl/N-ethyl adjacent to an activating group) is 1. The third-order valence-electron chi connectivity index (χ3n) is 1.78. The Morgan fingerprint density at radius 3 is 2.83 bits per heavy atom. The molecule has 0 aromatic heterocycles. The number of carbonyl (C=O) groups is 2. The summed E-state index contributed by atoms with van der Waals surface area (Å²) in [6, 6.07) is 5.79. The van der Waals surface area contributed by atoms with Crippen molar-refractivity contribution in [2.75, 3.05) is 18.9 Å². The molecule has 0 aliphatic rings. The van der Waals surface area contributed by atoms with Crippen molar-refractivity contribution in [3.05, 3.63) is 24.3 Å². The Bertz CT molecular complexity index is 474. The number of nitrogens with one attached hydrogen (secondary N) is 1. The topological polar surface area (TPSA) is 123 Å². The zero-order valence-corrected chi connectivity index (χ0v) is 9.66. The average Bonchev–Trinajstić information content (AvgIpc) is 2.25. The lowest BCUT2D eigenvalue weighted by atomic mass is 10.3. The number of hydrogen-bond acceptors (Lipinski definition) is 5. The zero-order valence-electron chi connectivity index (χ0n) is 9.66. The van der Waals surface area contributed by atoms with Crippen LogP contribution in [0.4, 0.5) is 16.2 Å². The summed E-state index contributed by atoms with van der Waals surface area (Å²) in [5, 5.41) is 21.2. The first kappa shape index (κ1) is 13.4. The molecule has 1 rings (SSSR count). The van der Waals surface area contributed by atoms with Crippen LogP contribution in [0, 0.1) is 0 Å². The number of carboxylic acids is 1. The Kier molecular flexibility index (Phi) is 4.61. The van der Waals surface area contributed by atoms with Gasteiger partial charge < -0.3 is 21.0 Å². The molecule has 0 saturated heterocycles. The molecule has 96 valence electrons. The molecule has 18 heavy (non-hydrogen) atoms. The molecule has 8 heteroatoms. The van der Waals surface area contributed by atoms with Gasteiger partial charge >= 0.3 is 6.03 Å². The van der Waals surface area contributed by atoms with E-state index >= 15 is 0 Å². The second-order valence-corrected chi connectivity index (χ2v) is 3.42. The van der Waals surface area contributed by atoms with Crippen molar-refractivity contribution in [2.24, 2.45) is 16.1 Å². The standard InChI is InChI=1S/C10H13N5O3/c1-15(6-9(16)17)14-13-8-4-2-3-7(5-8)12-10(11)18/h2-5H,6H2,1H3,(H,16,17)(H3,11,12,18)/p-1. The fourth-order valence-corrected chi connectivity index (χ4v) is 1.13. The molecular formula is C10H12N5O3-. The first-order chi connectivity index (χ1) is 8.47. The summed E-state index contributed by atoms with van der Waals surface area (Å²) in [7, 11) is 1.45. The number of primary amides is 1. The molecule has 3 N–H and O–H groups in total. The highest BCUT2D eigenvalue weighted by molar-refractivity contribution is 5.88. The summed E-state index contributed by atoms with van der Waals surface area (Å²) in [5.74, 6) is -1.25. The summed E-state index contributed by atoms with van der Waals surface area (Å²) in [6.45, 7) is -0.358. The monoisotopic (exact) mass is 250 g/mol. The van der Waals surface area contributed by atoms with E-state index in [1.54, 1.807) is 24.3 Å². The normalized spacial score (nSPS) is 10.3. The van der Waals surface area contributed by atoms with Crippen LogP contribution < -0.4 is 16.2 Å². The van der Waals surface area contributed by atoms with Crippen molar-refractivity contribution in [1.29, 1.82) is 0 Å². The molecular weight excluding hydrogens is 238 g/mol. The summed E-state index contributed by atoms with van der Waals surface area (Å²) in [6.07, 6.45) is 0. The fraction of sp³-hybridized carbons (Fsp3) is 0.200. The largest absolute Gasteiger partial charge is 0.548 e. The van der Waals surface area contributed by atoms with Crippen LogP contribution in [-0.4, -0.2) is 30.6 Å². The van der Waals surface area contributed by atoms with Gasteiger partial charge in [-0.3, -0.25) is 5.01 Å². The van der Waals surface area contributed by atoms with Crippen molar-refractivity contribution in [3.8, 4) is 0 Å². The Balaban J connectivity index is 2.69. The van der Waals surface area contributed by atoms with Gasteiger partial charge in [-0.1, -0.05) is 11.3 Å². The lowest BCUT2D eigenvalue weighted by molar-refractivity contribution is -0.306. The first-order valence-corrected chi connectivity index (χ1v) is 4.96. The van der Waals surface area contributed by atoms with Gasteiger partial charge in [0.25, 0.3) is 0 Å². The highest BCUT2D eigenvalue weighted by Gasteiger charge is 1.98. The number of aliphatic carboxylic acids is 1. The number of amides is 2. The molecule has 0 radical (unpaired) electrons. The van der Waals surface area contributed by atoms with Gasteiger partial charge in [-0.15, -0.1) is 5.11 Å². The molecule has 1 aromatic carbocycles. The predicted octanol–water partition coefficient (Wildman–Crippen LogP) is -0.142. The molecule has 0 fully saturated rings. The maximum Gasteiger partial charge on any atom is 0.316 e. The molecule has 0 aliphatic carbocycles. The second kappa shape index (κ2) is 6.18. The molecule has 0 saturated carbocycles. The first-order valence-electron chi connectivity index (χ1n) is 4.96. The lowest BCUT2D eigenvalue weighted by Crippen LogP contribution is -2.33. The van der Waals surface area contributed by atoms with Crippen LogP contribution in [0.15, 0.2) is 34.6 Å². The summed E-state index contributed by atoms with van der Waals surface area (Å²) >= 11 is 0. The molecule has 0 bridgehead atoms. The molecule has 2 amide bonds. The van der Waals surface area contributed by atoms with Gasteiger partial charge in [-0.2, -0.15) is 0 Å². The zero-order chi connectivity index (χ0) is 13.5. The van der Waals surface area contributed by atoms with Crippen molar-refractivity contribution >= 4 is 23.4 Å². The van der Waals surface area contributed by atoms with E-state index in [1.807, 2.05) is 0 Å². The Morgan fingerprint density at radius 1 is 1.50 bits per heavy atom. The smallest absolute Gasteiger partial charge is 0.316 e. The summed E-state index contributed by atoms with van der Waals surface area (Å²) in [4.78, 5) is 20.9. The molecule has 0 aliphatic heterocycles. The number of hydrogen-bond donors (Lipinski definition) is 2. The molecule has 8 nitrogen and oxygen atoms in total. The fourth-order valence-electron chi connectivity index (χ4n) is 1.13. The summed E-state index contributed by atoms with van der Waals surface area (Å²) < 4.78 is 0. The van der Waals surface area contributed by atoms with E-state index < -0.39 is 12.0 Å². The Morgan fingerprint density at radius 2 is 2.22 bits per heavy atom. The third kappa shape index (κ3) is 4.92.